The Morgan fingerprint density at radius 3 is 2.00 bits per heavy atom. The van der Waals surface area contributed by atoms with Crippen LogP contribution in [0.25, 0.3) is 0 Å². The monoisotopic (exact) mass is 103 g/mol. The Morgan fingerprint density at radius 2 is 2.00 bits per heavy atom. The highest BCUT2D eigenvalue weighted by Gasteiger charge is 1.86. The molecular formula is C6H17N. The van der Waals surface area contributed by atoms with E-state index in [2.05, 4.69) is 19.2 Å². The van der Waals surface area contributed by atoms with Gasteiger partial charge in [-0.2, -0.15) is 0 Å². The van der Waals surface area contributed by atoms with Gasteiger partial charge in [0.15, 0.2) is 0 Å². The van der Waals surface area contributed by atoms with Crippen LogP contribution in [0.2, 0.25) is 0 Å². The van der Waals surface area contributed by atoms with Crippen molar-refractivity contribution >= 4 is 0 Å². The van der Waals surface area contributed by atoms with Gasteiger partial charge in [0.05, 0.1) is 0 Å². The van der Waals surface area contributed by atoms with E-state index in [0.29, 0.717) is 6.04 Å². The van der Waals surface area contributed by atoms with Gasteiger partial charge >= 0.3 is 0 Å². The molecule has 1 atom stereocenters. The first-order valence-corrected chi connectivity index (χ1v) is 2.48. The van der Waals surface area contributed by atoms with Crippen LogP contribution in [0.3, 0.4) is 0 Å². The van der Waals surface area contributed by atoms with Gasteiger partial charge < -0.3 is 5.32 Å². The van der Waals surface area contributed by atoms with Gasteiger partial charge in [-0.3, -0.25) is 0 Å². The van der Waals surface area contributed by atoms with Crippen LogP contribution in [-0.2, 0) is 0 Å². The zero-order chi connectivity index (χ0) is 4.99. The second-order valence-electron chi connectivity index (χ2n) is 1.60. The van der Waals surface area contributed by atoms with Crippen molar-refractivity contribution in [3.05, 3.63) is 0 Å². The fraction of sp³-hybridized carbons (Fsp3) is 1.00. The third kappa shape index (κ3) is 5.96. The molecule has 0 fully saturated rings. The first kappa shape index (κ1) is 10.0. The average Bonchev–Trinajstić information content (AvgIpc) is 1.65. The summed E-state index contributed by atoms with van der Waals surface area (Å²) in [4.78, 5) is 0. The van der Waals surface area contributed by atoms with Crippen LogP contribution in [0.5, 0.6) is 0 Å². The van der Waals surface area contributed by atoms with Gasteiger partial charge in [0.2, 0.25) is 0 Å². The number of nitrogens with one attached hydrogen (secondary N) is 1. The highest BCUT2D eigenvalue weighted by molar-refractivity contribution is 4.49. The van der Waals surface area contributed by atoms with Gasteiger partial charge in [-0.05, 0) is 20.4 Å². The Bertz CT molecular complexity index is 23.4. The summed E-state index contributed by atoms with van der Waals surface area (Å²) < 4.78 is 0. The molecule has 0 amide bonds. The van der Waals surface area contributed by atoms with Crippen LogP contribution in [-0.4, -0.2) is 13.1 Å². The second kappa shape index (κ2) is 5.96. The molecule has 0 heterocycles. The summed E-state index contributed by atoms with van der Waals surface area (Å²) >= 11 is 0. The van der Waals surface area contributed by atoms with Crippen molar-refractivity contribution in [2.45, 2.75) is 33.7 Å². The molecule has 0 radical (unpaired) electrons. The van der Waals surface area contributed by atoms with Crippen LogP contribution in [0.4, 0.5) is 0 Å². The summed E-state index contributed by atoms with van der Waals surface area (Å²) in [6.07, 6.45) is 1.22. The zero-order valence-corrected chi connectivity index (χ0v) is 4.78. The first-order chi connectivity index (χ1) is 2.81. The molecule has 7 heavy (non-hydrogen) atoms. The Hall–Kier alpha value is -0.0400. The summed E-state index contributed by atoms with van der Waals surface area (Å²) in [5, 5.41) is 3.11. The number of rotatable bonds is 2. The van der Waals surface area contributed by atoms with Crippen molar-refractivity contribution in [2.24, 2.45) is 0 Å². The molecule has 0 aliphatic carbocycles. The van der Waals surface area contributed by atoms with Crippen molar-refractivity contribution < 1.29 is 0 Å². The molecule has 46 valence electrons. The van der Waals surface area contributed by atoms with Gasteiger partial charge in [-0.1, -0.05) is 14.4 Å². The quantitative estimate of drug-likeness (QED) is 0.560. The first-order valence-electron chi connectivity index (χ1n) is 2.48. The maximum Gasteiger partial charge on any atom is 0.00331 e. The molecule has 0 saturated carbocycles. The smallest absolute Gasteiger partial charge is 0.00331 e. The highest BCUT2D eigenvalue weighted by atomic mass is 14.8. The van der Waals surface area contributed by atoms with Gasteiger partial charge in [-0.25, -0.2) is 0 Å². The molecule has 1 unspecified atom stereocenters. The molecule has 0 aromatic rings. The van der Waals surface area contributed by atoms with Crippen molar-refractivity contribution in [2.75, 3.05) is 7.05 Å². The van der Waals surface area contributed by atoms with Crippen molar-refractivity contribution in [3.8, 4) is 0 Å². The van der Waals surface area contributed by atoms with E-state index in [9.17, 15) is 0 Å². The molecule has 0 aromatic carbocycles. The fourth-order valence-corrected chi connectivity index (χ4v) is 0.204. The van der Waals surface area contributed by atoms with Crippen molar-refractivity contribution in [1.82, 2.24) is 5.32 Å². The molecule has 0 bridgehead atoms. The maximum atomic E-state index is 3.11. The highest BCUT2D eigenvalue weighted by Crippen LogP contribution is 1.82. The topological polar surface area (TPSA) is 12.0 Å². The normalized spacial score (nSPS) is 12.4. The molecule has 1 nitrogen and oxygen atoms in total. The van der Waals surface area contributed by atoms with Gasteiger partial charge in [0.1, 0.15) is 0 Å². The summed E-state index contributed by atoms with van der Waals surface area (Å²) in [6, 6.07) is 0.685. The van der Waals surface area contributed by atoms with E-state index >= 15 is 0 Å². The lowest BCUT2D eigenvalue weighted by Gasteiger charge is -2.02. The Kier molecular flexibility index (Phi) is 8.56. The van der Waals surface area contributed by atoms with Crippen molar-refractivity contribution in [3.63, 3.8) is 0 Å². The molecule has 0 aromatic heterocycles. The van der Waals surface area contributed by atoms with E-state index in [1.54, 1.807) is 0 Å². The zero-order valence-electron chi connectivity index (χ0n) is 4.78. The fourth-order valence-electron chi connectivity index (χ4n) is 0.204. The second-order valence-corrected chi connectivity index (χ2v) is 1.60. The maximum absolute atomic E-state index is 3.11. The van der Waals surface area contributed by atoms with Crippen LogP contribution in [0, 0.1) is 0 Å². The molecule has 1 N–H and O–H groups in total. The summed E-state index contributed by atoms with van der Waals surface area (Å²) in [5.74, 6) is 0. The molecule has 0 saturated heterocycles. The lowest BCUT2D eigenvalue weighted by molar-refractivity contribution is 0.593. The largest absolute Gasteiger partial charge is 0.317 e. The molecule has 0 rings (SSSR count). The van der Waals surface area contributed by atoms with E-state index in [-0.39, 0.29) is 7.43 Å². The van der Waals surface area contributed by atoms with Gasteiger partial charge in [0.25, 0.3) is 0 Å². The number of hydrogen-bond donors (Lipinski definition) is 1. The summed E-state index contributed by atoms with van der Waals surface area (Å²) in [6.45, 7) is 4.33. The van der Waals surface area contributed by atoms with Crippen molar-refractivity contribution in [1.29, 1.82) is 0 Å². The van der Waals surface area contributed by atoms with E-state index < -0.39 is 0 Å². The minimum Gasteiger partial charge on any atom is -0.317 e. The summed E-state index contributed by atoms with van der Waals surface area (Å²) in [5.41, 5.74) is 0. The van der Waals surface area contributed by atoms with Gasteiger partial charge in [0, 0.05) is 6.04 Å². The van der Waals surface area contributed by atoms with Crippen LogP contribution < -0.4 is 5.32 Å². The van der Waals surface area contributed by atoms with Crippen LogP contribution >= 0.6 is 0 Å². The lowest BCUT2D eigenvalue weighted by atomic mass is 10.3. The lowest BCUT2D eigenvalue weighted by Crippen LogP contribution is -2.19. The minimum absolute atomic E-state index is 0. The van der Waals surface area contributed by atoms with E-state index in [1.807, 2.05) is 7.05 Å². The predicted molar refractivity (Wildman–Crippen MR) is 35.5 cm³/mol. The van der Waals surface area contributed by atoms with Crippen LogP contribution in [0.15, 0.2) is 0 Å². The third-order valence-electron chi connectivity index (χ3n) is 1.11. The average molecular weight is 103 g/mol. The Morgan fingerprint density at radius 1 is 1.57 bits per heavy atom. The summed E-state index contributed by atoms with van der Waals surface area (Å²) in [7, 11) is 1.98. The SMILES string of the molecule is C.CCC(C)NC. The predicted octanol–water partition coefficient (Wildman–Crippen LogP) is 1.64. The van der Waals surface area contributed by atoms with Gasteiger partial charge in [-0.15, -0.1) is 0 Å². The molecular weight excluding hydrogens is 86.1 g/mol. The van der Waals surface area contributed by atoms with E-state index in [4.69, 9.17) is 0 Å². The van der Waals surface area contributed by atoms with Crippen LogP contribution in [0.1, 0.15) is 27.7 Å². The molecule has 0 aliphatic heterocycles. The molecule has 0 aliphatic rings. The Balaban J connectivity index is 0. The van der Waals surface area contributed by atoms with E-state index in [1.165, 1.54) is 6.42 Å². The minimum atomic E-state index is 0. The molecule has 1 heteroatoms. The third-order valence-corrected chi connectivity index (χ3v) is 1.11. The number of hydrogen-bond acceptors (Lipinski definition) is 1. The Labute approximate surface area is 47.1 Å². The molecule has 0 spiro atoms. The standard InChI is InChI=1S/C5H13N.CH4/c1-4-5(2)6-3;/h5-6H,4H2,1-3H3;1H4. The van der Waals surface area contributed by atoms with E-state index in [0.717, 1.165) is 0 Å².